The highest BCUT2D eigenvalue weighted by atomic mass is 32.1. The summed E-state index contributed by atoms with van der Waals surface area (Å²) < 4.78 is 4.97. The lowest BCUT2D eigenvalue weighted by Gasteiger charge is -2.01. The smallest absolute Gasteiger partial charge is 0.311 e. The lowest BCUT2D eigenvalue weighted by molar-refractivity contribution is -0.142. The molecule has 0 saturated heterocycles. The molecule has 5 heteroatoms. The first-order chi connectivity index (χ1) is 8.20. The molecule has 2 rings (SSSR count). The number of hydrogen-bond acceptors (Lipinski definition) is 5. The van der Waals surface area contributed by atoms with Crippen LogP contribution >= 0.6 is 22.7 Å². The Balaban J connectivity index is 2.25. The number of ether oxygens (including phenoxy) is 1. The van der Waals surface area contributed by atoms with Crippen LogP contribution in [0.2, 0.25) is 0 Å². The van der Waals surface area contributed by atoms with Crippen molar-refractivity contribution in [2.45, 2.75) is 20.3 Å². The molecule has 0 aliphatic carbocycles. The van der Waals surface area contributed by atoms with Gasteiger partial charge in [-0.05, 0) is 25.3 Å². The summed E-state index contributed by atoms with van der Waals surface area (Å²) in [6.45, 7) is 4.19. The zero-order valence-corrected chi connectivity index (χ0v) is 11.4. The lowest BCUT2D eigenvalue weighted by Crippen LogP contribution is -2.06. The predicted octanol–water partition coefficient (Wildman–Crippen LogP) is 3.29. The highest BCUT2D eigenvalue weighted by molar-refractivity contribution is 7.15. The van der Waals surface area contributed by atoms with Crippen LogP contribution in [0.3, 0.4) is 0 Å². The Morgan fingerprint density at radius 3 is 3.00 bits per heavy atom. The minimum atomic E-state index is -0.186. The zero-order chi connectivity index (χ0) is 12.3. The molecule has 90 valence electrons. The third-order valence-corrected chi connectivity index (χ3v) is 4.02. The minimum Gasteiger partial charge on any atom is -0.466 e. The molecule has 0 aliphatic heterocycles. The topological polar surface area (TPSA) is 39.2 Å². The number of thiazole rings is 1. The highest BCUT2D eigenvalue weighted by Gasteiger charge is 2.15. The fourth-order valence-corrected chi connectivity index (χ4v) is 3.28. The van der Waals surface area contributed by atoms with Crippen LogP contribution in [-0.2, 0) is 16.0 Å². The second-order valence-corrected chi connectivity index (χ2v) is 5.70. The van der Waals surface area contributed by atoms with Crippen LogP contribution in [0.1, 0.15) is 16.8 Å². The van der Waals surface area contributed by atoms with Gasteiger partial charge in [-0.3, -0.25) is 4.79 Å². The Bertz CT molecular complexity index is 503. The van der Waals surface area contributed by atoms with Crippen molar-refractivity contribution in [3.63, 3.8) is 0 Å². The molecule has 0 spiro atoms. The highest BCUT2D eigenvalue weighted by Crippen LogP contribution is 2.31. The molecule has 0 aromatic carbocycles. The van der Waals surface area contributed by atoms with E-state index in [1.165, 1.54) is 0 Å². The van der Waals surface area contributed by atoms with Crippen molar-refractivity contribution < 1.29 is 9.53 Å². The number of esters is 1. The molecule has 0 amide bonds. The van der Waals surface area contributed by atoms with E-state index in [2.05, 4.69) is 4.98 Å². The van der Waals surface area contributed by atoms with E-state index in [4.69, 9.17) is 4.74 Å². The van der Waals surface area contributed by atoms with Crippen molar-refractivity contribution in [1.29, 1.82) is 0 Å². The molecule has 0 unspecified atom stereocenters. The first-order valence-electron chi connectivity index (χ1n) is 5.36. The number of carbonyl (C=O) groups is 1. The normalized spacial score (nSPS) is 10.5. The second-order valence-electron chi connectivity index (χ2n) is 3.46. The maximum Gasteiger partial charge on any atom is 0.311 e. The van der Waals surface area contributed by atoms with Gasteiger partial charge in [-0.1, -0.05) is 6.07 Å². The molecule has 0 atom stereocenters. The predicted molar refractivity (Wildman–Crippen MR) is 70.5 cm³/mol. The van der Waals surface area contributed by atoms with Gasteiger partial charge in [0.25, 0.3) is 0 Å². The molecular formula is C12H13NO2S2. The summed E-state index contributed by atoms with van der Waals surface area (Å²) >= 11 is 3.20. The number of carbonyl (C=O) groups excluding carboxylic acids is 1. The number of aromatic nitrogens is 1. The standard InChI is InChI=1S/C12H13NO2S2/c1-3-15-11(14)7-10-12(13-8(2)17-10)9-5-4-6-16-9/h4-6H,3,7H2,1-2H3. The maximum atomic E-state index is 11.5. The summed E-state index contributed by atoms with van der Waals surface area (Å²) in [6, 6.07) is 4.01. The van der Waals surface area contributed by atoms with Gasteiger partial charge in [0.15, 0.2) is 0 Å². The van der Waals surface area contributed by atoms with Crippen LogP contribution in [0.4, 0.5) is 0 Å². The van der Waals surface area contributed by atoms with Gasteiger partial charge in [0.2, 0.25) is 0 Å². The fraction of sp³-hybridized carbons (Fsp3) is 0.333. The van der Waals surface area contributed by atoms with E-state index in [1.807, 2.05) is 31.4 Å². The van der Waals surface area contributed by atoms with Crippen molar-refractivity contribution in [3.05, 3.63) is 27.4 Å². The molecule has 3 nitrogen and oxygen atoms in total. The van der Waals surface area contributed by atoms with Gasteiger partial charge >= 0.3 is 5.97 Å². The Morgan fingerprint density at radius 1 is 1.53 bits per heavy atom. The molecule has 2 aromatic rings. The van der Waals surface area contributed by atoms with Crippen molar-refractivity contribution >= 4 is 28.6 Å². The van der Waals surface area contributed by atoms with E-state index >= 15 is 0 Å². The Kier molecular flexibility index (Phi) is 3.91. The van der Waals surface area contributed by atoms with Crippen LogP contribution < -0.4 is 0 Å². The molecule has 2 heterocycles. The number of thiophene rings is 1. The Morgan fingerprint density at radius 2 is 2.35 bits per heavy atom. The average molecular weight is 267 g/mol. The van der Waals surface area contributed by atoms with Crippen molar-refractivity contribution in [2.24, 2.45) is 0 Å². The average Bonchev–Trinajstić information content (AvgIpc) is 2.87. The van der Waals surface area contributed by atoms with Crippen LogP contribution in [0.25, 0.3) is 10.6 Å². The molecule has 2 aromatic heterocycles. The van der Waals surface area contributed by atoms with Gasteiger partial charge in [0, 0.05) is 4.88 Å². The largest absolute Gasteiger partial charge is 0.466 e. The number of aryl methyl sites for hydroxylation is 1. The molecule has 17 heavy (non-hydrogen) atoms. The minimum absolute atomic E-state index is 0.186. The molecule has 0 radical (unpaired) electrons. The SMILES string of the molecule is CCOC(=O)Cc1sc(C)nc1-c1cccs1. The van der Waals surface area contributed by atoms with Crippen LogP contribution in [0, 0.1) is 6.92 Å². The summed E-state index contributed by atoms with van der Waals surface area (Å²) in [5.74, 6) is -0.186. The van der Waals surface area contributed by atoms with Gasteiger partial charge in [0.1, 0.15) is 0 Å². The lowest BCUT2D eigenvalue weighted by atomic mass is 10.2. The van der Waals surface area contributed by atoms with E-state index in [0.717, 1.165) is 20.5 Å². The van der Waals surface area contributed by atoms with Gasteiger partial charge < -0.3 is 4.74 Å². The third-order valence-electron chi connectivity index (χ3n) is 2.17. The monoisotopic (exact) mass is 267 g/mol. The first kappa shape index (κ1) is 12.3. The summed E-state index contributed by atoms with van der Waals surface area (Å²) in [5, 5.41) is 2.99. The molecular weight excluding hydrogens is 254 g/mol. The van der Waals surface area contributed by atoms with Crippen LogP contribution in [0.5, 0.6) is 0 Å². The van der Waals surface area contributed by atoms with Gasteiger partial charge in [0.05, 0.1) is 28.6 Å². The van der Waals surface area contributed by atoms with Crippen molar-refractivity contribution in [1.82, 2.24) is 4.98 Å². The second kappa shape index (κ2) is 5.42. The van der Waals surface area contributed by atoms with Crippen molar-refractivity contribution in [3.8, 4) is 10.6 Å². The maximum absolute atomic E-state index is 11.5. The van der Waals surface area contributed by atoms with E-state index in [9.17, 15) is 4.79 Å². The molecule has 0 aliphatic rings. The number of rotatable bonds is 4. The van der Waals surface area contributed by atoms with Gasteiger partial charge in [-0.25, -0.2) is 4.98 Å². The van der Waals surface area contributed by atoms with E-state index in [-0.39, 0.29) is 5.97 Å². The van der Waals surface area contributed by atoms with Gasteiger partial charge in [-0.15, -0.1) is 22.7 Å². The summed E-state index contributed by atoms with van der Waals surface area (Å²) in [6.07, 6.45) is 0.312. The molecule has 0 bridgehead atoms. The first-order valence-corrected chi connectivity index (χ1v) is 7.06. The number of nitrogens with zero attached hydrogens (tertiary/aromatic N) is 1. The quantitative estimate of drug-likeness (QED) is 0.798. The molecule has 0 saturated carbocycles. The van der Waals surface area contributed by atoms with Crippen LogP contribution in [0.15, 0.2) is 17.5 Å². The van der Waals surface area contributed by atoms with E-state index in [0.29, 0.717) is 13.0 Å². The molecule has 0 fully saturated rings. The fourth-order valence-electron chi connectivity index (χ4n) is 1.54. The number of hydrogen-bond donors (Lipinski definition) is 0. The third kappa shape index (κ3) is 2.92. The zero-order valence-electron chi connectivity index (χ0n) is 9.73. The Hall–Kier alpha value is -1.20. The van der Waals surface area contributed by atoms with E-state index < -0.39 is 0 Å². The Labute approximate surface area is 108 Å². The molecule has 0 N–H and O–H groups in total. The van der Waals surface area contributed by atoms with Gasteiger partial charge in [-0.2, -0.15) is 0 Å². The summed E-state index contributed by atoms with van der Waals surface area (Å²) in [7, 11) is 0. The van der Waals surface area contributed by atoms with E-state index in [1.54, 1.807) is 22.7 Å². The summed E-state index contributed by atoms with van der Waals surface area (Å²) in [4.78, 5) is 18.1. The van der Waals surface area contributed by atoms with Crippen LogP contribution in [-0.4, -0.2) is 17.6 Å². The summed E-state index contributed by atoms with van der Waals surface area (Å²) in [5.41, 5.74) is 0.926. The van der Waals surface area contributed by atoms with Crippen molar-refractivity contribution in [2.75, 3.05) is 6.61 Å².